The van der Waals surface area contributed by atoms with Gasteiger partial charge in [-0.2, -0.15) is 13.2 Å². The SMILES string of the molecule is O=C(O)c1c(OCc2ccccc2)c(=O)ccn1CC(F)(F)F. The molecule has 23 heavy (non-hydrogen) atoms. The Labute approximate surface area is 128 Å². The molecule has 0 aliphatic heterocycles. The van der Waals surface area contributed by atoms with Gasteiger partial charge >= 0.3 is 12.1 Å². The van der Waals surface area contributed by atoms with Crippen LogP contribution in [0.2, 0.25) is 0 Å². The number of alkyl halides is 3. The second kappa shape index (κ2) is 6.55. The number of halogens is 3. The number of nitrogens with zero attached hydrogens (tertiary/aromatic N) is 1. The van der Waals surface area contributed by atoms with Crippen LogP contribution < -0.4 is 10.2 Å². The molecular weight excluding hydrogens is 315 g/mol. The summed E-state index contributed by atoms with van der Waals surface area (Å²) >= 11 is 0. The van der Waals surface area contributed by atoms with E-state index >= 15 is 0 Å². The van der Waals surface area contributed by atoms with E-state index < -0.39 is 35.6 Å². The number of aromatic nitrogens is 1. The van der Waals surface area contributed by atoms with E-state index in [0.717, 1.165) is 12.3 Å². The summed E-state index contributed by atoms with van der Waals surface area (Å²) in [6.45, 7) is -1.66. The standard InChI is InChI=1S/C15H12F3NO4/c16-15(17,18)9-19-7-6-11(20)13(12(19)14(21)22)23-8-10-4-2-1-3-5-10/h1-7H,8-9H2,(H,21,22). The van der Waals surface area contributed by atoms with E-state index in [9.17, 15) is 22.8 Å². The van der Waals surface area contributed by atoms with Gasteiger partial charge in [0.25, 0.3) is 0 Å². The van der Waals surface area contributed by atoms with Gasteiger partial charge in [-0.3, -0.25) is 4.79 Å². The first-order valence-corrected chi connectivity index (χ1v) is 6.48. The van der Waals surface area contributed by atoms with E-state index in [0.29, 0.717) is 10.1 Å². The summed E-state index contributed by atoms with van der Waals surface area (Å²) in [5, 5.41) is 9.16. The maximum atomic E-state index is 12.5. The van der Waals surface area contributed by atoms with E-state index in [-0.39, 0.29) is 6.61 Å². The van der Waals surface area contributed by atoms with Crippen molar-refractivity contribution in [3.63, 3.8) is 0 Å². The largest absolute Gasteiger partial charge is 0.482 e. The minimum atomic E-state index is -4.63. The number of hydrogen-bond acceptors (Lipinski definition) is 3. The van der Waals surface area contributed by atoms with Crippen LogP contribution in [0.1, 0.15) is 16.1 Å². The summed E-state index contributed by atoms with van der Waals surface area (Å²) in [6.07, 6.45) is -3.84. The van der Waals surface area contributed by atoms with Crippen molar-refractivity contribution in [2.75, 3.05) is 0 Å². The molecule has 5 nitrogen and oxygen atoms in total. The molecule has 0 aliphatic rings. The van der Waals surface area contributed by atoms with Crippen molar-refractivity contribution >= 4 is 5.97 Å². The van der Waals surface area contributed by atoms with Crippen molar-refractivity contribution in [1.82, 2.24) is 4.57 Å². The van der Waals surface area contributed by atoms with Crippen molar-refractivity contribution in [2.24, 2.45) is 0 Å². The van der Waals surface area contributed by atoms with E-state index in [4.69, 9.17) is 9.84 Å². The fraction of sp³-hybridized carbons (Fsp3) is 0.200. The smallest absolute Gasteiger partial charge is 0.406 e. The Kier molecular flexibility index (Phi) is 4.73. The fourth-order valence-corrected chi connectivity index (χ4v) is 1.97. The maximum Gasteiger partial charge on any atom is 0.406 e. The van der Waals surface area contributed by atoms with Crippen LogP contribution in [0.5, 0.6) is 5.75 Å². The summed E-state index contributed by atoms with van der Waals surface area (Å²) in [6, 6.07) is 9.38. The minimum Gasteiger partial charge on any atom is -0.482 e. The normalized spacial score (nSPS) is 11.3. The third-order valence-corrected chi connectivity index (χ3v) is 2.91. The van der Waals surface area contributed by atoms with Gasteiger partial charge in [-0.15, -0.1) is 0 Å². The maximum absolute atomic E-state index is 12.5. The number of ether oxygens (including phenoxy) is 1. The Morgan fingerprint density at radius 3 is 2.39 bits per heavy atom. The second-order valence-electron chi connectivity index (χ2n) is 4.68. The highest BCUT2D eigenvalue weighted by atomic mass is 19.4. The molecule has 0 saturated carbocycles. The second-order valence-corrected chi connectivity index (χ2v) is 4.68. The van der Waals surface area contributed by atoms with Gasteiger partial charge in [0.05, 0.1) is 0 Å². The van der Waals surface area contributed by atoms with E-state index in [1.165, 1.54) is 0 Å². The summed E-state index contributed by atoms with van der Waals surface area (Å²) < 4.78 is 43.2. The lowest BCUT2D eigenvalue weighted by atomic mass is 10.2. The molecule has 2 aromatic rings. The summed E-state index contributed by atoms with van der Waals surface area (Å²) in [7, 11) is 0. The van der Waals surface area contributed by atoms with Crippen LogP contribution in [-0.2, 0) is 13.2 Å². The predicted molar refractivity (Wildman–Crippen MR) is 74.5 cm³/mol. The van der Waals surface area contributed by atoms with Crippen LogP contribution in [0.4, 0.5) is 13.2 Å². The number of rotatable bonds is 5. The van der Waals surface area contributed by atoms with Gasteiger partial charge in [-0.25, -0.2) is 4.79 Å². The molecule has 0 aliphatic carbocycles. The van der Waals surface area contributed by atoms with Crippen molar-refractivity contribution in [3.8, 4) is 5.75 Å². The first kappa shape index (κ1) is 16.6. The molecule has 0 fully saturated rings. The van der Waals surface area contributed by atoms with Crippen LogP contribution in [-0.4, -0.2) is 21.8 Å². The highest BCUT2D eigenvalue weighted by Crippen LogP contribution is 2.22. The Balaban J connectivity index is 2.39. The third-order valence-electron chi connectivity index (χ3n) is 2.91. The lowest BCUT2D eigenvalue weighted by molar-refractivity contribution is -0.140. The number of hydrogen-bond donors (Lipinski definition) is 1. The monoisotopic (exact) mass is 327 g/mol. The van der Waals surface area contributed by atoms with Gasteiger partial charge in [0.2, 0.25) is 5.43 Å². The number of aromatic carboxylic acids is 1. The van der Waals surface area contributed by atoms with Gasteiger partial charge in [-0.05, 0) is 5.56 Å². The molecule has 1 N–H and O–H groups in total. The van der Waals surface area contributed by atoms with Crippen LogP contribution >= 0.6 is 0 Å². The molecule has 0 radical (unpaired) electrons. The molecule has 1 aromatic carbocycles. The van der Waals surface area contributed by atoms with Gasteiger partial charge in [0.15, 0.2) is 11.4 Å². The van der Waals surface area contributed by atoms with Crippen LogP contribution in [0.25, 0.3) is 0 Å². The highest BCUT2D eigenvalue weighted by molar-refractivity contribution is 5.88. The molecule has 0 saturated heterocycles. The van der Waals surface area contributed by atoms with Gasteiger partial charge in [0.1, 0.15) is 13.2 Å². The zero-order chi connectivity index (χ0) is 17.0. The van der Waals surface area contributed by atoms with Crippen molar-refractivity contribution < 1.29 is 27.8 Å². The summed E-state index contributed by atoms with van der Waals surface area (Å²) in [5.74, 6) is -2.29. The zero-order valence-corrected chi connectivity index (χ0v) is 11.7. The molecule has 8 heteroatoms. The predicted octanol–water partition coefficient (Wildman–Crippen LogP) is 2.69. The topological polar surface area (TPSA) is 68.5 Å². The Morgan fingerprint density at radius 1 is 1.17 bits per heavy atom. The fourth-order valence-electron chi connectivity index (χ4n) is 1.97. The van der Waals surface area contributed by atoms with Gasteiger partial charge in [0, 0.05) is 12.3 Å². The zero-order valence-electron chi connectivity index (χ0n) is 11.7. The molecule has 0 bridgehead atoms. The molecule has 2 rings (SSSR count). The molecule has 1 aromatic heterocycles. The number of benzene rings is 1. The van der Waals surface area contributed by atoms with Gasteiger partial charge in [-0.1, -0.05) is 30.3 Å². The van der Waals surface area contributed by atoms with E-state index in [1.54, 1.807) is 30.3 Å². The molecule has 0 unspecified atom stereocenters. The Bertz CT molecular complexity index is 754. The third kappa shape index (κ3) is 4.35. The minimum absolute atomic E-state index is 0.133. The molecule has 1 heterocycles. The van der Waals surface area contributed by atoms with Crippen LogP contribution in [0.3, 0.4) is 0 Å². The number of carboxylic acids is 1. The van der Waals surface area contributed by atoms with Crippen molar-refractivity contribution in [3.05, 3.63) is 64.1 Å². The van der Waals surface area contributed by atoms with E-state index in [1.807, 2.05) is 0 Å². The summed E-state index contributed by atoms with van der Waals surface area (Å²) in [5.41, 5.74) is -0.975. The molecule has 0 spiro atoms. The average Bonchev–Trinajstić information content (AvgIpc) is 2.46. The first-order valence-electron chi connectivity index (χ1n) is 6.48. The van der Waals surface area contributed by atoms with Crippen molar-refractivity contribution in [1.29, 1.82) is 0 Å². The molecule has 0 atom stereocenters. The first-order chi connectivity index (χ1) is 10.8. The van der Waals surface area contributed by atoms with E-state index in [2.05, 4.69) is 0 Å². The van der Waals surface area contributed by atoms with Crippen LogP contribution in [0, 0.1) is 0 Å². The Morgan fingerprint density at radius 2 is 1.83 bits per heavy atom. The van der Waals surface area contributed by atoms with Crippen LogP contribution in [0.15, 0.2) is 47.4 Å². The number of carboxylic acid groups (broad SMARTS) is 1. The quantitative estimate of drug-likeness (QED) is 0.917. The molecule has 122 valence electrons. The molecular formula is C15H12F3NO4. The summed E-state index contributed by atoms with van der Waals surface area (Å²) in [4.78, 5) is 23.1. The number of carbonyl (C=O) groups is 1. The highest BCUT2D eigenvalue weighted by Gasteiger charge is 2.31. The van der Waals surface area contributed by atoms with Crippen molar-refractivity contribution in [2.45, 2.75) is 19.3 Å². The lowest BCUT2D eigenvalue weighted by Crippen LogP contribution is -2.26. The number of pyridine rings is 1. The lowest BCUT2D eigenvalue weighted by Gasteiger charge is -2.16. The Hall–Kier alpha value is -2.77. The average molecular weight is 327 g/mol. The molecule has 0 amide bonds. The van der Waals surface area contributed by atoms with Gasteiger partial charge < -0.3 is 14.4 Å².